The monoisotopic (exact) mass is 461 g/mol. The number of thiocarbonyl (C=S) groups is 1. The number of hydroxylamine groups is 2. The molecule has 4 nitrogen and oxygen atoms in total. The molecule has 0 bridgehead atoms. The van der Waals surface area contributed by atoms with Crippen molar-refractivity contribution in [1.29, 1.82) is 0 Å². The molecule has 31 heavy (non-hydrogen) atoms. The smallest absolute Gasteiger partial charge is 0.282 e. The summed E-state index contributed by atoms with van der Waals surface area (Å²) < 4.78 is 6.64. The van der Waals surface area contributed by atoms with Crippen LogP contribution in [0.3, 0.4) is 0 Å². The van der Waals surface area contributed by atoms with Gasteiger partial charge in [0.1, 0.15) is 11.3 Å². The Labute approximate surface area is 196 Å². The van der Waals surface area contributed by atoms with Crippen molar-refractivity contribution in [1.82, 2.24) is 5.06 Å². The van der Waals surface area contributed by atoms with Gasteiger partial charge in [-0.1, -0.05) is 55.6 Å². The molecular formula is C25H35NO3S2. The van der Waals surface area contributed by atoms with Crippen LogP contribution >= 0.6 is 24.0 Å². The molecule has 0 spiro atoms. The highest BCUT2D eigenvalue weighted by atomic mass is 32.2. The quantitative estimate of drug-likeness (QED) is 0.452. The van der Waals surface area contributed by atoms with Crippen molar-refractivity contribution in [2.75, 3.05) is 12.4 Å². The Balaban J connectivity index is 2.00. The fourth-order valence-electron chi connectivity index (χ4n) is 4.81. The Bertz CT molecular complexity index is 862. The van der Waals surface area contributed by atoms with Gasteiger partial charge in [-0.05, 0) is 88.0 Å². The van der Waals surface area contributed by atoms with Crippen LogP contribution in [0.5, 0.6) is 0 Å². The van der Waals surface area contributed by atoms with Crippen molar-refractivity contribution in [3.8, 4) is 0 Å². The van der Waals surface area contributed by atoms with Crippen molar-refractivity contribution in [2.45, 2.75) is 79.2 Å². The largest absolute Gasteiger partial charge is 0.441 e. The van der Waals surface area contributed by atoms with E-state index in [-0.39, 0.29) is 5.91 Å². The average molecular weight is 462 g/mol. The summed E-state index contributed by atoms with van der Waals surface area (Å²) >= 11 is 6.93. The van der Waals surface area contributed by atoms with Gasteiger partial charge in [0, 0.05) is 0 Å². The van der Waals surface area contributed by atoms with Crippen molar-refractivity contribution in [2.24, 2.45) is 5.92 Å². The summed E-state index contributed by atoms with van der Waals surface area (Å²) in [6.07, 6.45) is 6.12. The van der Waals surface area contributed by atoms with Gasteiger partial charge >= 0.3 is 0 Å². The second-order valence-electron chi connectivity index (χ2n) is 9.22. The van der Waals surface area contributed by atoms with Crippen LogP contribution in [0.1, 0.15) is 75.1 Å². The van der Waals surface area contributed by atoms with E-state index in [0.29, 0.717) is 28.2 Å². The Kier molecular flexibility index (Phi) is 7.87. The summed E-state index contributed by atoms with van der Waals surface area (Å²) in [5, 5.41) is 1.53. The average Bonchev–Trinajstić information content (AvgIpc) is 2.86. The molecule has 1 heterocycles. The molecule has 0 unspecified atom stereocenters. The van der Waals surface area contributed by atoms with Gasteiger partial charge in [-0.25, -0.2) is 5.06 Å². The fourth-order valence-corrected chi connectivity index (χ4v) is 5.62. The topological polar surface area (TPSA) is 38.8 Å². The Hall–Kier alpha value is -1.37. The maximum atomic E-state index is 13.7. The van der Waals surface area contributed by atoms with Gasteiger partial charge in [-0.3, -0.25) is 9.63 Å². The highest BCUT2D eigenvalue weighted by Crippen LogP contribution is 2.44. The van der Waals surface area contributed by atoms with Crippen molar-refractivity contribution in [3.63, 3.8) is 0 Å². The number of nitrogens with zero attached hydrogens (tertiary/aromatic N) is 1. The van der Waals surface area contributed by atoms with E-state index < -0.39 is 5.54 Å². The van der Waals surface area contributed by atoms with Crippen molar-refractivity contribution < 1.29 is 14.4 Å². The molecule has 1 fully saturated rings. The van der Waals surface area contributed by atoms with E-state index in [4.69, 9.17) is 21.8 Å². The van der Waals surface area contributed by atoms with E-state index in [0.717, 1.165) is 22.4 Å². The lowest BCUT2D eigenvalue weighted by Crippen LogP contribution is -2.45. The first-order valence-corrected chi connectivity index (χ1v) is 12.7. The molecule has 1 aromatic carbocycles. The van der Waals surface area contributed by atoms with Gasteiger partial charge in [0.25, 0.3) is 5.91 Å². The molecule has 0 atom stereocenters. The minimum atomic E-state index is -0.747. The van der Waals surface area contributed by atoms with Crippen LogP contribution in [0.4, 0.5) is 0 Å². The SMILES string of the molecule is CCSC(=S)OC1=C(c2c(C)cc(C)cc2C)C(=O)N(OCC2CCCCC2)C1(C)C. The van der Waals surface area contributed by atoms with E-state index in [1.807, 2.05) is 34.6 Å². The maximum absolute atomic E-state index is 13.7. The van der Waals surface area contributed by atoms with Crippen LogP contribution in [0.15, 0.2) is 17.9 Å². The normalized spacial score (nSPS) is 19.3. The van der Waals surface area contributed by atoms with E-state index in [9.17, 15) is 4.79 Å². The third-order valence-electron chi connectivity index (χ3n) is 6.23. The fraction of sp³-hybridized carbons (Fsp3) is 0.600. The Morgan fingerprint density at radius 2 is 1.77 bits per heavy atom. The molecule has 0 aromatic heterocycles. The first-order chi connectivity index (χ1) is 14.7. The number of carbonyl (C=O) groups excluding carboxylic acids is 1. The standard InChI is InChI=1S/C25H35NO3S2/c1-7-31-24(30)29-22-21(20-17(3)13-16(2)14-18(20)4)23(27)26(25(22,5)6)28-15-19-11-9-8-10-12-19/h13-14,19H,7-12,15H2,1-6H3. The highest BCUT2D eigenvalue weighted by Gasteiger charge is 2.50. The second-order valence-corrected chi connectivity index (χ2v) is 11.1. The van der Waals surface area contributed by atoms with Gasteiger partial charge in [-0.2, -0.15) is 0 Å². The third kappa shape index (κ3) is 5.18. The number of carbonyl (C=O) groups is 1. The molecule has 6 heteroatoms. The molecule has 0 N–H and O–H groups in total. The number of benzene rings is 1. The molecule has 170 valence electrons. The Morgan fingerprint density at radius 3 is 2.35 bits per heavy atom. The Morgan fingerprint density at radius 1 is 1.16 bits per heavy atom. The predicted molar refractivity (Wildman–Crippen MR) is 133 cm³/mol. The molecule has 2 aliphatic rings. The summed E-state index contributed by atoms with van der Waals surface area (Å²) in [5.41, 5.74) is 4.04. The molecule has 3 rings (SSSR count). The summed E-state index contributed by atoms with van der Waals surface area (Å²) in [5.74, 6) is 1.77. The van der Waals surface area contributed by atoms with Crippen LogP contribution in [0.25, 0.3) is 5.57 Å². The first-order valence-electron chi connectivity index (χ1n) is 11.3. The lowest BCUT2D eigenvalue weighted by atomic mass is 9.90. The molecular weight excluding hydrogens is 426 g/mol. The van der Waals surface area contributed by atoms with Crippen molar-refractivity contribution in [3.05, 3.63) is 40.1 Å². The number of hydrogen-bond donors (Lipinski definition) is 0. The van der Waals surface area contributed by atoms with E-state index in [2.05, 4.69) is 19.1 Å². The number of rotatable bonds is 6. The summed E-state index contributed by atoms with van der Waals surface area (Å²) in [6, 6.07) is 4.22. The molecule has 0 saturated heterocycles. The minimum Gasteiger partial charge on any atom is -0.441 e. The molecule has 1 saturated carbocycles. The zero-order valence-corrected chi connectivity index (χ0v) is 21.3. The highest BCUT2D eigenvalue weighted by molar-refractivity contribution is 8.22. The summed E-state index contributed by atoms with van der Waals surface area (Å²) in [6.45, 7) is 12.7. The number of hydrogen-bond acceptors (Lipinski definition) is 5. The van der Waals surface area contributed by atoms with Crippen molar-refractivity contribution >= 4 is 39.8 Å². The molecule has 1 amide bonds. The van der Waals surface area contributed by atoms with Gasteiger partial charge in [0.05, 0.1) is 12.2 Å². The maximum Gasteiger partial charge on any atom is 0.282 e. The molecule has 1 aliphatic heterocycles. The van der Waals surface area contributed by atoms with Gasteiger partial charge in [-0.15, -0.1) is 0 Å². The summed E-state index contributed by atoms with van der Waals surface area (Å²) in [7, 11) is 0. The van der Waals surface area contributed by atoms with Crippen LogP contribution in [0.2, 0.25) is 0 Å². The van der Waals surface area contributed by atoms with E-state index in [1.165, 1.54) is 54.5 Å². The minimum absolute atomic E-state index is 0.143. The van der Waals surface area contributed by atoms with Crippen LogP contribution in [-0.2, 0) is 14.4 Å². The predicted octanol–water partition coefficient (Wildman–Crippen LogP) is 6.51. The molecule has 0 radical (unpaired) electrons. The molecule has 1 aromatic rings. The van der Waals surface area contributed by atoms with E-state index in [1.54, 1.807) is 0 Å². The van der Waals surface area contributed by atoms with Gasteiger partial charge in [0.2, 0.25) is 4.38 Å². The lowest BCUT2D eigenvalue weighted by Gasteiger charge is -2.33. The number of amides is 1. The zero-order chi connectivity index (χ0) is 22.8. The first kappa shape index (κ1) is 24.3. The van der Waals surface area contributed by atoms with E-state index >= 15 is 0 Å². The van der Waals surface area contributed by atoms with Crippen LogP contribution in [-0.4, -0.2) is 33.3 Å². The lowest BCUT2D eigenvalue weighted by molar-refractivity contribution is -0.209. The summed E-state index contributed by atoms with van der Waals surface area (Å²) in [4.78, 5) is 20.0. The van der Waals surface area contributed by atoms with Crippen LogP contribution in [0, 0.1) is 26.7 Å². The second kappa shape index (κ2) is 10.1. The van der Waals surface area contributed by atoms with Gasteiger partial charge < -0.3 is 4.74 Å². The number of thioether (sulfide) groups is 1. The van der Waals surface area contributed by atoms with Gasteiger partial charge in [0.15, 0.2) is 0 Å². The third-order valence-corrected chi connectivity index (χ3v) is 7.27. The van der Waals surface area contributed by atoms with Crippen LogP contribution < -0.4 is 0 Å². The number of ether oxygens (including phenoxy) is 1. The zero-order valence-electron chi connectivity index (χ0n) is 19.7. The molecule has 1 aliphatic carbocycles. The number of aryl methyl sites for hydroxylation is 3.